The Morgan fingerprint density at radius 3 is 2.67 bits per heavy atom. The van der Waals surface area contributed by atoms with Gasteiger partial charge >= 0.3 is 0 Å². The number of piperidine rings is 1. The SMILES string of the molecule is Cl.c1ccc2c(c1)NC(C1CCNCC1)c1cccc3c1N2CC3. The first-order valence-corrected chi connectivity index (χ1v) is 8.87. The topological polar surface area (TPSA) is 27.3 Å². The number of hydrogen-bond donors (Lipinski definition) is 2. The molecular formula is C20H24ClN3. The lowest BCUT2D eigenvalue weighted by atomic mass is 9.84. The van der Waals surface area contributed by atoms with Crippen LogP contribution >= 0.6 is 12.4 Å². The van der Waals surface area contributed by atoms with Crippen molar-refractivity contribution in [1.82, 2.24) is 5.32 Å². The largest absolute Gasteiger partial charge is 0.376 e. The minimum Gasteiger partial charge on any atom is -0.376 e. The molecule has 24 heavy (non-hydrogen) atoms. The third-order valence-electron chi connectivity index (χ3n) is 5.72. The molecule has 2 N–H and O–H groups in total. The summed E-state index contributed by atoms with van der Waals surface area (Å²) in [6.07, 6.45) is 3.67. The molecule has 1 saturated heterocycles. The standard InChI is InChI=1S/C20H23N3.ClH/c1-2-7-18-17(6-1)22-19(14-8-11-21-12-9-14)16-5-3-4-15-10-13-23(18)20(15)16;/h1-7,14,19,21-22H,8-13H2;1H. The number of nitrogens with zero attached hydrogens (tertiary/aromatic N) is 1. The van der Waals surface area contributed by atoms with E-state index in [1.807, 2.05) is 0 Å². The summed E-state index contributed by atoms with van der Waals surface area (Å²) in [6, 6.07) is 16.2. The lowest BCUT2D eigenvalue weighted by molar-refractivity contribution is 0.336. The summed E-state index contributed by atoms with van der Waals surface area (Å²) in [5.74, 6) is 0.705. The lowest BCUT2D eigenvalue weighted by Gasteiger charge is -2.32. The maximum Gasteiger partial charge on any atom is 0.0646 e. The van der Waals surface area contributed by atoms with Gasteiger partial charge in [0.1, 0.15) is 0 Å². The first-order chi connectivity index (χ1) is 11.4. The second-order valence-electron chi connectivity index (χ2n) is 6.98. The smallest absolute Gasteiger partial charge is 0.0646 e. The van der Waals surface area contributed by atoms with Crippen LogP contribution < -0.4 is 15.5 Å². The van der Waals surface area contributed by atoms with Crippen LogP contribution in [-0.2, 0) is 6.42 Å². The van der Waals surface area contributed by atoms with E-state index in [-0.39, 0.29) is 12.4 Å². The van der Waals surface area contributed by atoms with Crippen molar-refractivity contribution in [2.45, 2.75) is 25.3 Å². The van der Waals surface area contributed by atoms with Crippen LogP contribution in [0.3, 0.4) is 0 Å². The second kappa shape index (κ2) is 6.30. The van der Waals surface area contributed by atoms with Crippen LogP contribution in [-0.4, -0.2) is 19.6 Å². The number of halogens is 1. The maximum atomic E-state index is 3.91. The van der Waals surface area contributed by atoms with Crippen molar-refractivity contribution < 1.29 is 0 Å². The third-order valence-corrected chi connectivity index (χ3v) is 5.72. The molecule has 3 heterocycles. The van der Waals surface area contributed by atoms with Gasteiger partial charge in [-0.15, -0.1) is 12.4 Å². The third kappa shape index (κ3) is 2.38. The van der Waals surface area contributed by atoms with E-state index in [9.17, 15) is 0 Å². The Bertz CT molecular complexity index is 739. The van der Waals surface area contributed by atoms with Gasteiger partial charge in [-0.3, -0.25) is 0 Å². The summed E-state index contributed by atoms with van der Waals surface area (Å²) in [5.41, 5.74) is 7.13. The number of fused-ring (bicyclic) bond motifs is 2. The predicted molar refractivity (Wildman–Crippen MR) is 103 cm³/mol. The molecule has 0 radical (unpaired) electrons. The van der Waals surface area contributed by atoms with E-state index in [0.29, 0.717) is 12.0 Å². The molecule has 2 aromatic carbocycles. The fourth-order valence-corrected chi connectivity index (χ4v) is 4.60. The molecule has 126 valence electrons. The van der Waals surface area contributed by atoms with Gasteiger partial charge in [0.05, 0.1) is 17.4 Å². The average molecular weight is 342 g/mol. The van der Waals surface area contributed by atoms with E-state index < -0.39 is 0 Å². The van der Waals surface area contributed by atoms with E-state index in [2.05, 4.69) is 58.0 Å². The van der Waals surface area contributed by atoms with Crippen molar-refractivity contribution in [1.29, 1.82) is 0 Å². The van der Waals surface area contributed by atoms with Gasteiger partial charge in [-0.25, -0.2) is 0 Å². The molecule has 3 aliphatic heterocycles. The monoisotopic (exact) mass is 341 g/mol. The average Bonchev–Trinajstić information content (AvgIpc) is 2.98. The van der Waals surface area contributed by atoms with Gasteiger partial charge in [0.25, 0.3) is 0 Å². The molecule has 0 aliphatic carbocycles. The van der Waals surface area contributed by atoms with Gasteiger partial charge in [0, 0.05) is 12.2 Å². The molecule has 0 bridgehead atoms. The van der Waals surface area contributed by atoms with Crippen molar-refractivity contribution in [3.63, 3.8) is 0 Å². The van der Waals surface area contributed by atoms with Gasteiger partial charge in [-0.1, -0.05) is 30.3 Å². The second-order valence-corrected chi connectivity index (χ2v) is 6.98. The van der Waals surface area contributed by atoms with Crippen molar-refractivity contribution >= 4 is 29.5 Å². The van der Waals surface area contributed by atoms with Crippen LogP contribution in [0.1, 0.15) is 30.0 Å². The van der Waals surface area contributed by atoms with Crippen molar-refractivity contribution in [2.24, 2.45) is 5.92 Å². The molecule has 2 aromatic rings. The summed E-state index contributed by atoms with van der Waals surface area (Å²) in [4.78, 5) is 2.54. The Kier molecular flexibility index (Phi) is 4.15. The summed E-state index contributed by atoms with van der Waals surface area (Å²) >= 11 is 0. The zero-order chi connectivity index (χ0) is 15.2. The molecule has 1 atom stereocenters. The van der Waals surface area contributed by atoms with Gasteiger partial charge < -0.3 is 15.5 Å². The van der Waals surface area contributed by atoms with Gasteiger partial charge in [-0.05, 0) is 61.5 Å². The fraction of sp³-hybridized carbons (Fsp3) is 0.400. The van der Waals surface area contributed by atoms with Crippen LogP contribution in [0.2, 0.25) is 0 Å². The van der Waals surface area contributed by atoms with Crippen molar-refractivity contribution in [3.05, 3.63) is 53.6 Å². The normalized spacial score (nSPS) is 22.0. The number of para-hydroxylation sites is 3. The molecule has 3 aliphatic rings. The molecule has 3 nitrogen and oxygen atoms in total. The first-order valence-electron chi connectivity index (χ1n) is 8.87. The highest BCUT2D eigenvalue weighted by atomic mass is 35.5. The zero-order valence-corrected chi connectivity index (χ0v) is 14.6. The van der Waals surface area contributed by atoms with Crippen LogP contribution in [0, 0.1) is 5.92 Å². The highest BCUT2D eigenvalue weighted by Gasteiger charge is 2.35. The molecular weight excluding hydrogens is 318 g/mol. The molecule has 0 spiro atoms. The Balaban J connectivity index is 0.00000146. The number of nitrogens with one attached hydrogen (secondary N) is 2. The Morgan fingerprint density at radius 2 is 1.79 bits per heavy atom. The maximum absolute atomic E-state index is 3.91. The van der Waals surface area contributed by atoms with Crippen LogP contribution in [0.4, 0.5) is 17.1 Å². The Hall–Kier alpha value is -1.71. The van der Waals surface area contributed by atoms with Crippen molar-refractivity contribution in [3.8, 4) is 0 Å². The van der Waals surface area contributed by atoms with Crippen LogP contribution in [0.25, 0.3) is 0 Å². The van der Waals surface area contributed by atoms with Gasteiger partial charge in [0.15, 0.2) is 0 Å². The van der Waals surface area contributed by atoms with Gasteiger partial charge in [0.2, 0.25) is 0 Å². The summed E-state index contributed by atoms with van der Waals surface area (Å²) in [6.45, 7) is 3.39. The number of anilines is 3. The number of hydrogen-bond acceptors (Lipinski definition) is 3. The highest BCUT2D eigenvalue weighted by Crippen LogP contribution is 2.49. The molecule has 0 aromatic heterocycles. The lowest BCUT2D eigenvalue weighted by Crippen LogP contribution is -2.33. The van der Waals surface area contributed by atoms with Crippen LogP contribution in [0.15, 0.2) is 42.5 Å². The van der Waals surface area contributed by atoms with E-state index in [0.717, 1.165) is 26.1 Å². The van der Waals surface area contributed by atoms with Gasteiger partial charge in [-0.2, -0.15) is 0 Å². The first kappa shape index (κ1) is 15.8. The molecule has 5 rings (SSSR count). The Labute approximate surface area is 149 Å². The molecule has 0 saturated carbocycles. The zero-order valence-electron chi connectivity index (χ0n) is 13.8. The summed E-state index contributed by atoms with van der Waals surface area (Å²) < 4.78 is 0. The minimum atomic E-state index is 0. The van der Waals surface area contributed by atoms with Crippen molar-refractivity contribution in [2.75, 3.05) is 29.9 Å². The summed E-state index contributed by atoms with van der Waals surface area (Å²) in [5, 5.41) is 7.41. The van der Waals surface area contributed by atoms with E-state index >= 15 is 0 Å². The fourth-order valence-electron chi connectivity index (χ4n) is 4.60. The number of rotatable bonds is 1. The molecule has 1 unspecified atom stereocenters. The molecule has 0 amide bonds. The number of benzene rings is 2. The molecule has 1 fully saturated rings. The molecule has 4 heteroatoms. The Morgan fingerprint density at radius 1 is 0.958 bits per heavy atom. The van der Waals surface area contributed by atoms with Crippen LogP contribution in [0.5, 0.6) is 0 Å². The summed E-state index contributed by atoms with van der Waals surface area (Å²) in [7, 11) is 0. The minimum absolute atomic E-state index is 0. The van der Waals surface area contributed by atoms with E-state index in [4.69, 9.17) is 0 Å². The quantitative estimate of drug-likeness (QED) is 0.811. The van der Waals surface area contributed by atoms with E-state index in [1.165, 1.54) is 41.0 Å². The van der Waals surface area contributed by atoms with E-state index in [1.54, 1.807) is 0 Å². The highest BCUT2D eigenvalue weighted by molar-refractivity contribution is 5.85. The predicted octanol–water partition coefficient (Wildman–Crippen LogP) is 4.27.